The Morgan fingerprint density at radius 3 is 2.68 bits per heavy atom. The zero-order valence-electron chi connectivity index (χ0n) is 16.4. The van der Waals surface area contributed by atoms with Crippen LogP contribution in [-0.2, 0) is 6.42 Å². The summed E-state index contributed by atoms with van der Waals surface area (Å²) in [7, 11) is 1.81. The fourth-order valence-electron chi connectivity index (χ4n) is 4.28. The molecule has 1 saturated carbocycles. The number of nitrogen functional groups attached to an aromatic ring is 1. The van der Waals surface area contributed by atoms with E-state index in [-0.39, 0.29) is 11.5 Å². The van der Waals surface area contributed by atoms with Gasteiger partial charge in [-0.05, 0) is 44.3 Å². The molecule has 0 radical (unpaired) electrons. The molecular weight excluding hydrogens is 354 g/mol. The van der Waals surface area contributed by atoms with Crippen molar-refractivity contribution in [3.63, 3.8) is 0 Å². The van der Waals surface area contributed by atoms with Gasteiger partial charge >= 0.3 is 0 Å². The van der Waals surface area contributed by atoms with E-state index in [1.165, 1.54) is 38.5 Å². The number of imidazole rings is 1. The molecule has 0 saturated heterocycles. The number of benzene rings is 1. The monoisotopic (exact) mass is 383 g/mol. The minimum absolute atomic E-state index is 0.133. The Labute approximate surface area is 163 Å². The summed E-state index contributed by atoms with van der Waals surface area (Å²) in [4.78, 5) is 27.3. The van der Waals surface area contributed by atoms with Crippen LogP contribution in [0.5, 0.6) is 0 Å². The minimum atomic E-state index is -0.224. The third kappa shape index (κ3) is 3.82. The second-order valence-electron chi connectivity index (χ2n) is 7.75. The van der Waals surface area contributed by atoms with Gasteiger partial charge in [-0.1, -0.05) is 25.7 Å². The summed E-state index contributed by atoms with van der Waals surface area (Å²) in [5, 5.41) is 7.17. The largest absolute Gasteiger partial charge is 0.369 e. The molecule has 0 amide bonds. The fourth-order valence-corrected chi connectivity index (χ4v) is 4.28. The first-order valence-electron chi connectivity index (χ1n) is 10.2. The Morgan fingerprint density at radius 1 is 1.14 bits per heavy atom. The van der Waals surface area contributed by atoms with E-state index < -0.39 is 0 Å². The first kappa shape index (κ1) is 18.7. The molecule has 8 heteroatoms. The van der Waals surface area contributed by atoms with Gasteiger partial charge in [0.15, 0.2) is 0 Å². The molecular formula is C20H29N7O. The highest BCUT2D eigenvalue weighted by atomic mass is 16.1. The van der Waals surface area contributed by atoms with E-state index in [0.717, 1.165) is 42.0 Å². The minimum Gasteiger partial charge on any atom is -0.369 e. The second-order valence-corrected chi connectivity index (χ2v) is 7.75. The van der Waals surface area contributed by atoms with E-state index in [4.69, 9.17) is 5.73 Å². The van der Waals surface area contributed by atoms with Crippen molar-refractivity contribution in [1.29, 1.82) is 0 Å². The molecule has 2 aromatic heterocycles. The Morgan fingerprint density at radius 2 is 1.93 bits per heavy atom. The van der Waals surface area contributed by atoms with Crippen LogP contribution < -0.4 is 21.9 Å². The first-order chi connectivity index (χ1) is 13.7. The van der Waals surface area contributed by atoms with Crippen molar-refractivity contribution in [2.24, 2.45) is 5.92 Å². The molecule has 150 valence electrons. The normalized spacial score (nSPS) is 15.9. The maximum absolute atomic E-state index is 12.4. The molecule has 2 heterocycles. The number of aromatic amines is 2. The van der Waals surface area contributed by atoms with E-state index in [2.05, 4.69) is 30.6 Å². The van der Waals surface area contributed by atoms with E-state index in [0.29, 0.717) is 16.9 Å². The van der Waals surface area contributed by atoms with E-state index >= 15 is 0 Å². The zero-order valence-corrected chi connectivity index (χ0v) is 16.4. The van der Waals surface area contributed by atoms with E-state index in [1.54, 1.807) is 6.07 Å². The van der Waals surface area contributed by atoms with Gasteiger partial charge in [0.2, 0.25) is 11.9 Å². The Balaban J connectivity index is 1.59. The van der Waals surface area contributed by atoms with Crippen molar-refractivity contribution in [2.75, 3.05) is 31.2 Å². The molecule has 0 spiro atoms. The summed E-state index contributed by atoms with van der Waals surface area (Å²) in [5.74, 6) is 1.57. The molecule has 28 heavy (non-hydrogen) atoms. The van der Waals surface area contributed by atoms with Crippen molar-refractivity contribution in [3.05, 3.63) is 22.0 Å². The van der Waals surface area contributed by atoms with E-state index in [1.807, 2.05) is 7.05 Å². The Hall–Kier alpha value is -2.61. The molecule has 0 aliphatic heterocycles. The topological polar surface area (TPSA) is 125 Å². The number of nitrogens with two attached hydrogens (primary N) is 1. The van der Waals surface area contributed by atoms with Gasteiger partial charge in [0.05, 0.1) is 21.9 Å². The van der Waals surface area contributed by atoms with Crippen molar-refractivity contribution in [1.82, 2.24) is 25.3 Å². The summed E-state index contributed by atoms with van der Waals surface area (Å²) in [5.41, 5.74) is 8.85. The van der Waals surface area contributed by atoms with Gasteiger partial charge in [0, 0.05) is 12.6 Å². The summed E-state index contributed by atoms with van der Waals surface area (Å²) in [6.45, 7) is 1.87. The predicted octanol–water partition coefficient (Wildman–Crippen LogP) is 2.53. The molecule has 4 rings (SSSR count). The summed E-state index contributed by atoms with van der Waals surface area (Å²) < 4.78 is 0. The Bertz CT molecular complexity index is 1010. The lowest BCUT2D eigenvalue weighted by Crippen LogP contribution is -2.25. The quantitative estimate of drug-likeness (QED) is 0.329. The van der Waals surface area contributed by atoms with Crippen LogP contribution >= 0.6 is 0 Å². The summed E-state index contributed by atoms with van der Waals surface area (Å²) >= 11 is 0. The van der Waals surface area contributed by atoms with Crippen LogP contribution in [0.4, 0.5) is 11.9 Å². The number of hydrogen-bond acceptors (Lipinski definition) is 6. The lowest BCUT2D eigenvalue weighted by atomic mass is 10.0. The fraction of sp³-hybridized carbons (Fsp3) is 0.550. The van der Waals surface area contributed by atoms with Gasteiger partial charge in [-0.3, -0.25) is 9.78 Å². The smallest absolute Gasteiger partial charge is 0.260 e. The number of aromatic nitrogens is 4. The predicted molar refractivity (Wildman–Crippen MR) is 114 cm³/mol. The number of rotatable bonds is 6. The van der Waals surface area contributed by atoms with Crippen molar-refractivity contribution in [2.45, 2.75) is 44.9 Å². The molecule has 0 unspecified atom stereocenters. The van der Waals surface area contributed by atoms with Crippen LogP contribution in [0.1, 0.15) is 44.1 Å². The van der Waals surface area contributed by atoms with Crippen molar-refractivity contribution in [3.8, 4) is 0 Å². The van der Waals surface area contributed by atoms with Gasteiger partial charge in [0.25, 0.3) is 5.56 Å². The third-order valence-electron chi connectivity index (χ3n) is 5.76. The van der Waals surface area contributed by atoms with E-state index in [9.17, 15) is 4.79 Å². The lowest BCUT2D eigenvalue weighted by molar-refractivity contribution is 0.427. The van der Waals surface area contributed by atoms with Crippen molar-refractivity contribution < 1.29 is 0 Å². The first-order valence-corrected chi connectivity index (χ1v) is 10.2. The van der Waals surface area contributed by atoms with Crippen LogP contribution in [0.25, 0.3) is 21.9 Å². The van der Waals surface area contributed by atoms with Crippen molar-refractivity contribution >= 4 is 33.8 Å². The number of H-pyrrole nitrogens is 2. The van der Waals surface area contributed by atoms with Crippen LogP contribution in [0.3, 0.4) is 0 Å². The maximum Gasteiger partial charge on any atom is 0.260 e. The highest BCUT2D eigenvalue weighted by molar-refractivity contribution is 5.98. The standard InChI is InChI=1S/C20H29N7O/c1-22-20-24-15-10-14-16(25-19(21)27-18(14)28)13(17(15)26-20)8-9-23-11-12-6-4-2-3-5-7-12/h10,12,23H,2-9,11H2,1H3,(H2,22,24,26)(H3,21,25,27,28). The molecule has 8 nitrogen and oxygen atoms in total. The molecule has 3 aromatic rings. The number of nitrogens with zero attached hydrogens (tertiary/aromatic N) is 2. The lowest BCUT2D eigenvalue weighted by Gasteiger charge is -2.15. The van der Waals surface area contributed by atoms with Crippen LogP contribution in [0, 0.1) is 5.92 Å². The average Bonchev–Trinajstić information content (AvgIpc) is 2.92. The number of nitrogens with one attached hydrogen (secondary N) is 4. The maximum atomic E-state index is 12.4. The van der Waals surface area contributed by atoms with Gasteiger partial charge in [0.1, 0.15) is 0 Å². The third-order valence-corrected chi connectivity index (χ3v) is 5.76. The molecule has 0 bridgehead atoms. The SMILES string of the molecule is CNc1nc2c(CCNCC3CCCCCC3)c3nc(N)[nH]c(=O)c3cc2[nH]1. The molecule has 6 N–H and O–H groups in total. The molecule has 1 fully saturated rings. The Kier molecular flexibility index (Phi) is 5.47. The van der Waals surface area contributed by atoms with Gasteiger partial charge < -0.3 is 21.4 Å². The molecule has 1 aliphatic carbocycles. The zero-order chi connectivity index (χ0) is 19.5. The highest BCUT2D eigenvalue weighted by Crippen LogP contribution is 2.26. The van der Waals surface area contributed by atoms with Crippen LogP contribution in [0.15, 0.2) is 10.9 Å². The summed E-state index contributed by atoms with van der Waals surface area (Å²) in [6.07, 6.45) is 8.83. The molecule has 1 aromatic carbocycles. The van der Waals surface area contributed by atoms with Gasteiger partial charge in [-0.2, -0.15) is 0 Å². The van der Waals surface area contributed by atoms with Crippen LogP contribution in [0.2, 0.25) is 0 Å². The van der Waals surface area contributed by atoms with Crippen LogP contribution in [-0.4, -0.2) is 40.1 Å². The molecule has 0 atom stereocenters. The highest BCUT2D eigenvalue weighted by Gasteiger charge is 2.16. The summed E-state index contributed by atoms with van der Waals surface area (Å²) in [6, 6.07) is 1.80. The number of hydrogen-bond donors (Lipinski definition) is 5. The average molecular weight is 384 g/mol. The second kappa shape index (κ2) is 8.18. The number of anilines is 2. The van der Waals surface area contributed by atoms with Gasteiger partial charge in [-0.15, -0.1) is 0 Å². The number of fused-ring (bicyclic) bond motifs is 2. The van der Waals surface area contributed by atoms with Gasteiger partial charge in [-0.25, -0.2) is 9.97 Å². The molecule has 1 aliphatic rings.